The van der Waals surface area contributed by atoms with Crippen LogP contribution in [0.5, 0.6) is 0 Å². The number of aromatic nitrogens is 3. The van der Waals surface area contributed by atoms with Crippen LogP contribution in [0.3, 0.4) is 0 Å². The van der Waals surface area contributed by atoms with Crippen molar-refractivity contribution < 1.29 is 14.0 Å². The van der Waals surface area contributed by atoms with Gasteiger partial charge in [0.05, 0.1) is 11.9 Å². The summed E-state index contributed by atoms with van der Waals surface area (Å²) in [5, 5.41) is 13.5. The molecular weight excluding hydrogens is 377 g/mol. The minimum Gasteiger partial charge on any atom is -0.354 e. The number of amides is 2. The molecule has 3 aromatic rings. The van der Waals surface area contributed by atoms with Gasteiger partial charge in [-0.05, 0) is 36.8 Å². The fourth-order valence-electron chi connectivity index (χ4n) is 2.68. The molecule has 0 saturated heterocycles. The smallest absolute Gasteiger partial charge is 0.277 e. The second-order valence-corrected chi connectivity index (χ2v) is 6.45. The maximum atomic E-state index is 13.5. The largest absolute Gasteiger partial charge is 0.354 e. The summed E-state index contributed by atoms with van der Waals surface area (Å²) in [6, 6.07) is 11.1. The quantitative estimate of drug-likeness (QED) is 0.583. The Bertz CT molecular complexity index is 1110. The van der Waals surface area contributed by atoms with Gasteiger partial charge in [-0.1, -0.05) is 23.4 Å². The van der Waals surface area contributed by atoms with E-state index in [9.17, 15) is 18.8 Å². The van der Waals surface area contributed by atoms with Crippen LogP contribution in [0.15, 0.2) is 47.3 Å². The van der Waals surface area contributed by atoms with Crippen LogP contribution in [0.1, 0.15) is 22.3 Å². The van der Waals surface area contributed by atoms with Crippen molar-refractivity contribution in [3.05, 3.63) is 69.8 Å². The molecule has 0 saturated carbocycles. The molecule has 29 heavy (non-hydrogen) atoms. The van der Waals surface area contributed by atoms with Crippen LogP contribution in [0.2, 0.25) is 0 Å². The molecule has 2 aromatic carbocycles. The summed E-state index contributed by atoms with van der Waals surface area (Å²) in [4.78, 5) is 36.2. The van der Waals surface area contributed by atoms with Gasteiger partial charge in [0.15, 0.2) is 0 Å². The second-order valence-electron chi connectivity index (χ2n) is 6.45. The summed E-state index contributed by atoms with van der Waals surface area (Å²) in [6.45, 7) is 2.11. The topological polar surface area (TPSA) is 106 Å². The molecule has 1 heterocycles. The van der Waals surface area contributed by atoms with Gasteiger partial charge >= 0.3 is 0 Å². The fraction of sp³-hybridized carbons (Fsp3) is 0.250. The van der Waals surface area contributed by atoms with E-state index in [2.05, 4.69) is 20.9 Å². The van der Waals surface area contributed by atoms with Gasteiger partial charge in [0.2, 0.25) is 5.91 Å². The lowest BCUT2D eigenvalue weighted by atomic mass is 10.1. The highest BCUT2D eigenvalue weighted by atomic mass is 19.1. The molecule has 3 rings (SSSR count). The zero-order valence-corrected chi connectivity index (χ0v) is 15.8. The Morgan fingerprint density at radius 1 is 1.10 bits per heavy atom. The molecule has 0 spiro atoms. The normalized spacial score (nSPS) is 10.7. The molecule has 0 radical (unpaired) electrons. The van der Waals surface area contributed by atoms with Crippen LogP contribution in [0.4, 0.5) is 4.39 Å². The predicted molar refractivity (Wildman–Crippen MR) is 105 cm³/mol. The van der Waals surface area contributed by atoms with Crippen molar-refractivity contribution in [3.63, 3.8) is 0 Å². The van der Waals surface area contributed by atoms with Gasteiger partial charge in [0.25, 0.3) is 11.5 Å². The number of aryl methyl sites for hydroxylation is 2. The average Bonchev–Trinajstić information content (AvgIpc) is 2.72. The number of nitrogens with zero attached hydrogens (tertiary/aromatic N) is 3. The number of carbonyl (C=O) groups is 2. The van der Waals surface area contributed by atoms with Crippen LogP contribution >= 0.6 is 0 Å². The maximum Gasteiger partial charge on any atom is 0.277 e. The first kappa shape index (κ1) is 20.1. The van der Waals surface area contributed by atoms with Gasteiger partial charge in [0, 0.05) is 25.1 Å². The molecule has 1 aromatic heterocycles. The monoisotopic (exact) mass is 397 g/mol. The van der Waals surface area contributed by atoms with Gasteiger partial charge in [-0.25, -0.2) is 9.07 Å². The lowest BCUT2D eigenvalue weighted by molar-refractivity contribution is -0.121. The van der Waals surface area contributed by atoms with Gasteiger partial charge in [-0.3, -0.25) is 14.4 Å². The molecule has 0 aliphatic heterocycles. The molecule has 0 aliphatic carbocycles. The van der Waals surface area contributed by atoms with Crippen LogP contribution in [-0.4, -0.2) is 39.9 Å². The molecule has 8 nitrogen and oxygen atoms in total. The Morgan fingerprint density at radius 3 is 2.66 bits per heavy atom. The van der Waals surface area contributed by atoms with E-state index >= 15 is 0 Å². The Morgan fingerprint density at radius 2 is 1.86 bits per heavy atom. The highest BCUT2D eigenvalue weighted by Gasteiger charge is 2.09. The molecular formula is C20H20FN5O3. The Labute approximate surface area is 165 Å². The average molecular weight is 397 g/mol. The highest BCUT2D eigenvalue weighted by Crippen LogP contribution is 2.08. The highest BCUT2D eigenvalue weighted by molar-refractivity contribution is 5.94. The van der Waals surface area contributed by atoms with E-state index in [-0.39, 0.29) is 43.1 Å². The van der Waals surface area contributed by atoms with Crippen LogP contribution < -0.4 is 16.2 Å². The van der Waals surface area contributed by atoms with E-state index in [1.807, 2.05) is 0 Å². The van der Waals surface area contributed by atoms with Crippen molar-refractivity contribution in [2.75, 3.05) is 13.1 Å². The minimum atomic E-state index is -0.446. The van der Waals surface area contributed by atoms with Gasteiger partial charge in [-0.2, -0.15) is 0 Å². The third-order valence-corrected chi connectivity index (χ3v) is 4.35. The van der Waals surface area contributed by atoms with Crippen molar-refractivity contribution in [1.29, 1.82) is 0 Å². The SMILES string of the molecule is Cc1ccc(C(=O)NCCNC(=O)CCn2nnc3ccccc3c2=O)cc1F. The number of rotatable bonds is 7. The number of benzene rings is 2. The lowest BCUT2D eigenvalue weighted by Crippen LogP contribution is -2.35. The number of halogens is 1. The van der Waals surface area contributed by atoms with E-state index < -0.39 is 11.7 Å². The summed E-state index contributed by atoms with van der Waals surface area (Å²) < 4.78 is 14.7. The third kappa shape index (κ3) is 5.01. The molecule has 2 amide bonds. The lowest BCUT2D eigenvalue weighted by Gasteiger charge is -2.08. The van der Waals surface area contributed by atoms with Crippen molar-refractivity contribution in [2.45, 2.75) is 19.9 Å². The van der Waals surface area contributed by atoms with E-state index in [0.717, 1.165) is 4.68 Å². The molecule has 2 N–H and O–H groups in total. The summed E-state index contributed by atoms with van der Waals surface area (Å²) in [5.41, 5.74) is 0.876. The zero-order valence-electron chi connectivity index (χ0n) is 15.8. The molecule has 0 fully saturated rings. The Hall–Kier alpha value is -3.62. The Balaban J connectivity index is 1.43. The van der Waals surface area contributed by atoms with Crippen LogP contribution in [-0.2, 0) is 11.3 Å². The van der Waals surface area contributed by atoms with E-state index in [4.69, 9.17) is 0 Å². The molecule has 0 unspecified atom stereocenters. The third-order valence-electron chi connectivity index (χ3n) is 4.35. The van der Waals surface area contributed by atoms with Gasteiger partial charge in [-0.15, -0.1) is 5.10 Å². The number of hydrogen-bond acceptors (Lipinski definition) is 5. The van der Waals surface area contributed by atoms with Crippen molar-refractivity contribution in [2.24, 2.45) is 0 Å². The maximum absolute atomic E-state index is 13.5. The summed E-state index contributed by atoms with van der Waals surface area (Å²) in [7, 11) is 0. The standard InChI is InChI=1S/C20H20FN5O3/c1-13-6-7-14(12-16(13)21)19(28)23-10-9-22-18(27)8-11-26-20(29)15-4-2-3-5-17(15)24-25-26/h2-7,12H,8-11H2,1H3,(H,22,27)(H,23,28). The number of fused-ring (bicyclic) bond motifs is 1. The first-order chi connectivity index (χ1) is 14.0. The Kier molecular flexibility index (Phi) is 6.28. The summed E-state index contributed by atoms with van der Waals surface area (Å²) in [6.07, 6.45) is 0.0457. The van der Waals surface area contributed by atoms with Crippen molar-refractivity contribution in [1.82, 2.24) is 25.6 Å². The fourth-order valence-corrected chi connectivity index (χ4v) is 2.68. The first-order valence-corrected chi connectivity index (χ1v) is 9.09. The molecule has 9 heteroatoms. The van der Waals surface area contributed by atoms with E-state index in [1.165, 1.54) is 18.2 Å². The van der Waals surface area contributed by atoms with E-state index in [0.29, 0.717) is 16.5 Å². The van der Waals surface area contributed by atoms with Gasteiger partial charge < -0.3 is 10.6 Å². The second kappa shape index (κ2) is 9.05. The van der Waals surface area contributed by atoms with Crippen molar-refractivity contribution >= 4 is 22.7 Å². The zero-order chi connectivity index (χ0) is 20.8. The summed E-state index contributed by atoms with van der Waals surface area (Å²) >= 11 is 0. The van der Waals surface area contributed by atoms with Crippen LogP contribution in [0, 0.1) is 12.7 Å². The molecule has 0 atom stereocenters. The molecule has 0 bridgehead atoms. The molecule has 0 aliphatic rings. The number of carbonyl (C=O) groups excluding carboxylic acids is 2. The number of hydrogen-bond donors (Lipinski definition) is 2. The summed E-state index contributed by atoms with van der Waals surface area (Å²) in [5.74, 6) is -1.16. The number of nitrogens with one attached hydrogen (secondary N) is 2. The predicted octanol–water partition coefficient (Wildman–Crippen LogP) is 1.18. The molecule has 150 valence electrons. The van der Waals surface area contributed by atoms with E-state index in [1.54, 1.807) is 31.2 Å². The minimum absolute atomic E-state index is 0.0457. The van der Waals surface area contributed by atoms with Crippen LogP contribution in [0.25, 0.3) is 10.9 Å². The van der Waals surface area contributed by atoms with Gasteiger partial charge in [0.1, 0.15) is 11.3 Å². The first-order valence-electron chi connectivity index (χ1n) is 9.09. The van der Waals surface area contributed by atoms with Crippen molar-refractivity contribution in [3.8, 4) is 0 Å².